The normalized spacial score (nSPS) is 14.3. The molecule has 0 spiro atoms. The van der Waals surface area contributed by atoms with E-state index < -0.39 is 16.1 Å². The van der Waals surface area contributed by atoms with E-state index in [9.17, 15) is 13.2 Å². The number of methoxy groups -OCH3 is 1. The van der Waals surface area contributed by atoms with Crippen LogP contribution in [-0.4, -0.2) is 50.7 Å². The predicted octanol–water partition coefficient (Wildman–Crippen LogP) is 3.45. The van der Waals surface area contributed by atoms with Crippen LogP contribution >= 0.6 is 0 Å². The lowest BCUT2D eigenvalue weighted by Gasteiger charge is -2.14. The molecule has 1 aliphatic rings. The number of benzene rings is 2. The first-order valence-electron chi connectivity index (χ1n) is 10.8. The summed E-state index contributed by atoms with van der Waals surface area (Å²) in [5.41, 5.74) is 1.96. The van der Waals surface area contributed by atoms with E-state index in [1.54, 1.807) is 25.3 Å². The van der Waals surface area contributed by atoms with Crippen LogP contribution in [0, 0.1) is 0 Å². The highest BCUT2D eigenvalue weighted by molar-refractivity contribution is 7.87. The van der Waals surface area contributed by atoms with E-state index in [-0.39, 0.29) is 16.6 Å². The number of aromatic amines is 1. The molecular weight excluding hydrogens is 446 g/mol. The minimum Gasteiger partial charge on any atom is -0.383 e. The number of urea groups is 1. The molecule has 2 aromatic carbocycles. The van der Waals surface area contributed by atoms with Crippen molar-refractivity contribution in [3.05, 3.63) is 42.5 Å². The number of nitrogens with zero attached hydrogens (tertiary/aromatic N) is 1. The van der Waals surface area contributed by atoms with Crippen LogP contribution in [-0.2, 0) is 14.9 Å². The first kappa shape index (κ1) is 22.9. The molecule has 33 heavy (non-hydrogen) atoms. The highest BCUT2D eigenvalue weighted by Gasteiger charge is 2.19. The summed E-state index contributed by atoms with van der Waals surface area (Å²) in [5.74, 6) is 0.350. The lowest BCUT2D eigenvalue weighted by Crippen LogP contribution is -2.31. The highest BCUT2D eigenvalue weighted by Crippen LogP contribution is 2.26. The number of nitrogens with one attached hydrogen (secondary N) is 4. The van der Waals surface area contributed by atoms with Crippen molar-refractivity contribution in [2.75, 3.05) is 30.9 Å². The average Bonchev–Trinajstić information content (AvgIpc) is 3.43. The Morgan fingerprint density at radius 2 is 1.91 bits per heavy atom. The summed E-state index contributed by atoms with van der Waals surface area (Å²) in [6, 6.07) is 11.2. The molecule has 4 rings (SSSR count). The monoisotopic (exact) mass is 473 g/mol. The van der Waals surface area contributed by atoms with Crippen molar-refractivity contribution < 1.29 is 22.1 Å². The molecule has 0 radical (unpaired) electrons. The molecule has 1 heterocycles. The number of carbonyl (C=O) groups is 1. The number of hydrogen-bond acceptors (Lipinski definition) is 7. The Labute approximate surface area is 192 Å². The number of imidazole rings is 1. The molecule has 1 aliphatic carbocycles. The van der Waals surface area contributed by atoms with Crippen LogP contribution in [0.25, 0.3) is 11.0 Å². The second-order valence-corrected chi connectivity index (χ2v) is 9.37. The number of H-pyrrole nitrogens is 1. The number of rotatable bonds is 9. The van der Waals surface area contributed by atoms with Crippen LogP contribution in [0.5, 0.6) is 5.75 Å². The van der Waals surface area contributed by atoms with Gasteiger partial charge in [0.2, 0.25) is 5.95 Å². The fourth-order valence-corrected chi connectivity index (χ4v) is 4.64. The minimum absolute atomic E-state index is 0.0664. The Morgan fingerprint density at radius 1 is 1.15 bits per heavy atom. The summed E-state index contributed by atoms with van der Waals surface area (Å²) in [5, 5.41) is 8.63. The van der Waals surface area contributed by atoms with Gasteiger partial charge >= 0.3 is 16.1 Å². The molecule has 1 aromatic heterocycles. The highest BCUT2D eigenvalue weighted by atomic mass is 32.2. The van der Waals surface area contributed by atoms with Crippen molar-refractivity contribution in [3.8, 4) is 5.75 Å². The molecule has 10 nitrogen and oxygen atoms in total. The SMILES string of the molecule is COCCNC(=O)Nc1nc2cc(OS(=O)(=O)c3ccc(NC4CCCC4)cc3)ccc2[nH]1. The minimum atomic E-state index is -4.01. The third-order valence-electron chi connectivity index (χ3n) is 5.35. The molecular formula is C22H27N5O5S. The zero-order valence-electron chi connectivity index (χ0n) is 18.3. The lowest BCUT2D eigenvalue weighted by molar-refractivity contribution is 0.198. The predicted molar refractivity (Wildman–Crippen MR) is 125 cm³/mol. The van der Waals surface area contributed by atoms with Gasteiger partial charge in [-0.3, -0.25) is 5.32 Å². The van der Waals surface area contributed by atoms with E-state index >= 15 is 0 Å². The van der Waals surface area contributed by atoms with E-state index in [1.165, 1.54) is 37.1 Å². The van der Waals surface area contributed by atoms with Crippen LogP contribution in [0.1, 0.15) is 25.7 Å². The van der Waals surface area contributed by atoms with E-state index in [2.05, 4.69) is 25.9 Å². The molecule has 0 bridgehead atoms. The molecule has 1 saturated carbocycles. The van der Waals surface area contributed by atoms with Gasteiger partial charge in [-0.15, -0.1) is 0 Å². The van der Waals surface area contributed by atoms with E-state index in [4.69, 9.17) is 8.92 Å². The third-order valence-corrected chi connectivity index (χ3v) is 6.61. The quantitative estimate of drug-likeness (QED) is 0.276. The Bertz CT molecular complexity index is 1200. The van der Waals surface area contributed by atoms with Crippen LogP contribution in [0.4, 0.5) is 16.4 Å². The van der Waals surface area contributed by atoms with E-state index in [0.717, 1.165) is 18.5 Å². The number of anilines is 2. The van der Waals surface area contributed by atoms with Crippen LogP contribution in [0.15, 0.2) is 47.4 Å². The summed E-state index contributed by atoms with van der Waals surface area (Å²) < 4.78 is 35.6. The zero-order valence-corrected chi connectivity index (χ0v) is 19.1. The van der Waals surface area contributed by atoms with Gasteiger partial charge < -0.3 is 24.5 Å². The molecule has 0 saturated heterocycles. The second-order valence-electron chi connectivity index (χ2n) is 7.83. The van der Waals surface area contributed by atoms with Crippen molar-refractivity contribution in [2.24, 2.45) is 0 Å². The molecule has 0 atom stereocenters. The van der Waals surface area contributed by atoms with Crippen molar-refractivity contribution in [2.45, 2.75) is 36.6 Å². The molecule has 0 aliphatic heterocycles. The van der Waals surface area contributed by atoms with Gasteiger partial charge in [-0.05, 0) is 49.2 Å². The van der Waals surface area contributed by atoms with Gasteiger partial charge in [0, 0.05) is 31.5 Å². The van der Waals surface area contributed by atoms with Gasteiger partial charge in [-0.2, -0.15) is 8.42 Å². The van der Waals surface area contributed by atoms with Gasteiger partial charge in [0.1, 0.15) is 10.6 Å². The van der Waals surface area contributed by atoms with Gasteiger partial charge in [0.05, 0.1) is 17.6 Å². The Morgan fingerprint density at radius 3 is 2.64 bits per heavy atom. The summed E-state index contributed by atoms with van der Waals surface area (Å²) in [4.78, 5) is 19.1. The third kappa shape index (κ3) is 5.93. The Balaban J connectivity index is 1.41. The van der Waals surface area contributed by atoms with Gasteiger partial charge in [0.15, 0.2) is 0 Å². The first-order chi connectivity index (χ1) is 15.9. The maximum atomic E-state index is 12.7. The number of fused-ring (bicyclic) bond motifs is 1. The van der Waals surface area contributed by atoms with Gasteiger partial charge in [0.25, 0.3) is 0 Å². The van der Waals surface area contributed by atoms with Crippen LogP contribution < -0.4 is 20.1 Å². The van der Waals surface area contributed by atoms with Crippen molar-refractivity contribution in [1.29, 1.82) is 0 Å². The fraction of sp³-hybridized carbons (Fsp3) is 0.364. The van der Waals surface area contributed by atoms with Gasteiger partial charge in [-0.1, -0.05) is 12.8 Å². The molecule has 176 valence electrons. The number of carbonyl (C=O) groups excluding carboxylic acids is 1. The van der Waals surface area contributed by atoms with Crippen LogP contribution in [0.2, 0.25) is 0 Å². The summed E-state index contributed by atoms with van der Waals surface area (Å²) in [6.07, 6.45) is 4.71. The van der Waals surface area contributed by atoms with E-state index in [1.807, 2.05) is 0 Å². The number of aromatic nitrogens is 2. The van der Waals surface area contributed by atoms with Gasteiger partial charge in [-0.25, -0.2) is 9.78 Å². The number of hydrogen-bond donors (Lipinski definition) is 4. The first-order valence-corrected chi connectivity index (χ1v) is 12.2. The maximum absolute atomic E-state index is 12.7. The molecule has 0 unspecified atom stereocenters. The second kappa shape index (κ2) is 10.1. The molecule has 4 N–H and O–H groups in total. The maximum Gasteiger partial charge on any atom is 0.339 e. The standard InChI is InChI=1S/C22H27N5O5S/c1-31-13-12-23-22(28)27-21-25-19-11-8-17(14-20(19)26-21)32-33(29,30)18-9-6-16(7-10-18)24-15-4-2-3-5-15/h6-11,14-15,24H,2-5,12-13H2,1H3,(H3,23,25,26,27,28). The Hall–Kier alpha value is -3.31. The summed E-state index contributed by atoms with van der Waals surface area (Å²) in [6.45, 7) is 0.749. The van der Waals surface area contributed by atoms with Crippen LogP contribution in [0.3, 0.4) is 0 Å². The largest absolute Gasteiger partial charge is 0.383 e. The molecule has 3 aromatic rings. The average molecular weight is 474 g/mol. The van der Waals surface area contributed by atoms with Crippen molar-refractivity contribution in [3.63, 3.8) is 0 Å². The molecule has 1 fully saturated rings. The van der Waals surface area contributed by atoms with E-state index in [0.29, 0.717) is 30.2 Å². The smallest absolute Gasteiger partial charge is 0.339 e. The zero-order chi connectivity index (χ0) is 23.3. The number of ether oxygens (including phenoxy) is 1. The summed E-state index contributed by atoms with van der Waals surface area (Å²) in [7, 11) is -2.46. The summed E-state index contributed by atoms with van der Waals surface area (Å²) >= 11 is 0. The molecule has 2 amide bonds. The number of amides is 2. The fourth-order valence-electron chi connectivity index (χ4n) is 3.71. The van der Waals surface area contributed by atoms with Crippen molar-refractivity contribution >= 4 is 38.8 Å². The topological polar surface area (TPSA) is 134 Å². The molecule has 11 heteroatoms. The van der Waals surface area contributed by atoms with Crippen molar-refractivity contribution in [1.82, 2.24) is 15.3 Å². The Kier molecular flexibility index (Phi) is 6.99. The lowest BCUT2D eigenvalue weighted by atomic mass is 10.2.